The number of nitrogens with zero attached hydrogens (tertiary/aromatic N) is 4. The van der Waals surface area contributed by atoms with Gasteiger partial charge in [-0.3, -0.25) is 14.2 Å². The number of hydrogen-bond acceptors (Lipinski definition) is 5. The van der Waals surface area contributed by atoms with Gasteiger partial charge in [0.05, 0.1) is 19.5 Å². The Morgan fingerprint density at radius 2 is 1.79 bits per heavy atom. The number of benzene rings is 2. The van der Waals surface area contributed by atoms with Crippen LogP contribution in [0.1, 0.15) is 5.56 Å². The van der Waals surface area contributed by atoms with Crippen LogP contribution < -0.4 is 16.6 Å². The van der Waals surface area contributed by atoms with E-state index in [-0.39, 0.29) is 17.7 Å². The average molecular weight is 468 g/mol. The Kier molecular flexibility index (Phi) is 6.71. The Morgan fingerprint density at radius 1 is 1.06 bits per heavy atom. The van der Waals surface area contributed by atoms with Crippen molar-refractivity contribution in [2.45, 2.75) is 19.6 Å². The van der Waals surface area contributed by atoms with Gasteiger partial charge in [0.25, 0.3) is 5.56 Å². The molecule has 2 aromatic heterocycles. The van der Waals surface area contributed by atoms with Crippen molar-refractivity contribution in [1.29, 1.82) is 0 Å². The van der Waals surface area contributed by atoms with Crippen LogP contribution in [0.4, 0.5) is 5.69 Å². The topological polar surface area (TPSA) is 100 Å². The molecule has 4 rings (SSSR count). The number of aromatic nitrogens is 4. The first-order valence-corrected chi connectivity index (χ1v) is 10.6. The summed E-state index contributed by atoms with van der Waals surface area (Å²) in [6.45, 7) is 0.500. The van der Waals surface area contributed by atoms with E-state index in [9.17, 15) is 14.4 Å². The molecule has 0 bridgehead atoms. The third-order valence-corrected chi connectivity index (χ3v) is 5.39. The highest BCUT2D eigenvalue weighted by molar-refractivity contribution is 6.30. The Labute approximate surface area is 193 Å². The van der Waals surface area contributed by atoms with Gasteiger partial charge in [-0.15, -0.1) is 0 Å². The van der Waals surface area contributed by atoms with E-state index in [0.717, 1.165) is 10.1 Å². The lowest BCUT2D eigenvalue weighted by Gasteiger charge is -2.13. The first-order chi connectivity index (χ1) is 16.0. The van der Waals surface area contributed by atoms with Crippen LogP contribution in [0.5, 0.6) is 0 Å². The molecule has 4 aromatic rings. The van der Waals surface area contributed by atoms with Crippen LogP contribution in [-0.4, -0.2) is 38.3 Å². The number of rotatable bonds is 8. The van der Waals surface area contributed by atoms with E-state index in [0.29, 0.717) is 23.9 Å². The summed E-state index contributed by atoms with van der Waals surface area (Å²) in [6.07, 6.45) is 1.50. The molecule has 0 aliphatic rings. The number of hydrogen-bond donors (Lipinski definition) is 1. The number of imidazole rings is 1. The summed E-state index contributed by atoms with van der Waals surface area (Å²) in [5, 5.41) is 3.21. The highest BCUT2D eigenvalue weighted by Gasteiger charge is 2.20. The molecule has 0 aliphatic heterocycles. The molecule has 0 spiro atoms. The van der Waals surface area contributed by atoms with Gasteiger partial charge in [0.15, 0.2) is 11.2 Å². The molecule has 0 atom stereocenters. The molecule has 0 unspecified atom stereocenters. The molecule has 10 heteroatoms. The molecule has 2 aromatic carbocycles. The van der Waals surface area contributed by atoms with Gasteiger partial charge in [-0.05, 0) is 29.8 Å². The maximum Gasteiger partial charge on any atom is 0.333 e. The third kappa shape index (κ3) is 4.89. The van der Waals surface area contributed by atoms with Gasteiger partial charge >= 0.3 is 5.69 Å². The number of carbonyl (C=O) groups excluding carboxylic acids is 1. The molecule has 0 saturated carbocycles. The lowest BCUT2D eigenvalue weighted by molar-refractivity contribution is -0.116. The van der Waals surface area contributed by atoms with Gasteiger partial charge in [-0.2, -0.15) is 0 Å². The smallest absolute Gasteiger partial charge is 0.333 e. The van der Waals surface area contributed by atoms with E-state index in [1.54, 1.807) is 35.9 Å². The molecule has 0 saturated heterocycles. The largest absolute Gasteiger partial charge is 0.383 e. The number of halogens is 1. The second-order valence-corrected chi connectivity index (χ2v) is 7.84. The van der Waals surface area contributed by atoms with Crippen molar-refractivity contribution in [2.75, 3.05) is 19.0 Å². The summed E-state index contributed by atoms with van der Waals surface area (Å²) >= 11 is 5.88. The van der Waals surface area contributed by atoms with Crippen LogP contribution in [0.3, 0.4) is 0 Å². The van der Waals surface area contributed by atoms with Gasteiger partial charge in [-0.25, -0.2) is 14.3 Å². The van der Waals surface area contributed by atoms with Gasteiger partial charge < -0.3 is 14.6 Å². The van der Waals surface area contributed by atoms with Gasteiger partial charge in [0, 0.05) is 24.4 Å². The predicted octanol–water partition coefficient (Wildman–Crippen LogP) is 2.35. The van der Waals surface area contributed by atoms with Crippen molar-refractivity contribution >= 4 is 34.4 Å². The summed E-state index contributed by atoms with van der Waals surface area (Å²) in [6, 6.07) is 15.9. The lowest BCUT2D eigenvalue weighted by Crippen LogP contribution is -2.43. The number of fused-ring (bicyclic) bond motifs is 1. The summed E-state index contributed by atoms with van der Waals surface area (Å²) in [7, 11) is 1.56. The molecule has 2 heterocycles. The first-order valence-electron chi connectivity index (χ1n) is 10.2. The number of anilines is 1. The molecule has 0 radical (unpaired) electrons. The van der Waals surface area contributed by atoms with E-state index in [1.165, 1.54) is 10.9 Å². The lowest BCUT2D eigenvalue weighted by atomic mass is 10.2. The monoisotopic (exact) mass is 467 g/mol. The maximum atomic E-state index is 13.3. The molecule has 1 N–H and O–H groups in total. The minimum Gasteiger partial charge on any atom is -0.383 e. The van der Waals surface area contributed by atoms with E-state index in [1.807, 2.05) is 30.3 Å². The highest BCUT2D eigenvalue weighted by Crippen LogP contribution is 2.14. The van der Waals surface area contributed by atoms with Crippen molar-refractivity contribution in [3.8, 4) is 0 Å². The normalized spacial score (nSPS) is 11.1. The molecule has 0 fully saturated rings. The van der Waals surface area contributed by atoms with Crippen LogP contribution in [0, 0.1) is 0 Å². The third-order valence-electron chi connectivity index (χ3n) is 5.13. The van der Waals surface area contributed by atoms with E-state index >= 15 is 0 Å². The second-order valence-electron chi connectivity index (χ2n) is 7.40. The van der Waals surface area contributed by atoms with E-state index < -0.39 is 23.7 Å². The molecule has 170 valence electrons. The fourth-order valence-corrected chi connectivity index (χ4v) is 3.65. The summed E-state index contributed by atoms with van der Waals surface area (Å²) < 4.78 is 9.10. The van der Waals surface area contributed by atoms with Crippen LogP contribution in [-0.2, 0) is 29.2 Å². The van der Waals surface area contributed by atoms with Crippen molar-refractivity contribution in [2.24, 2.45) is 0 Å². The van der Waals surface area contributed by atoms with Crippen molar-refractivity contribution in [1.82, 2.24) is 18.7 Å². The number of ether oxygens (including phenoxy) is 1. The second kappa shape index (κ2) is 9.85. The van der Waals surface area contributed by atoms with Crippen LogP contribution >= 0.6 is 11.6 Å². The maximum absolute atomic E-state index is 13.3. The molecular formula is C23H22ClN5O4. The quantitative estimate of drug-likeness (QED) is 0.428. The summed E-state index contributed by atoms with van der Waals surface area (Å²) in [5.41, 5.74) is 0.677. The Balaban J connectivity index is 1.77. The summed E-state index contributed by atoms with van der Waals surface area (Å²) in [4.78, 5) is 43.6. The number of nitrogens with one attached hydrogen (secondary N) is 1. The van der Waals surface area contributed by atoms with E-state index in [4.69, 9.17) is 16.3 Å². The molecule has 0 aliphatic carbocycles. The zero-order valence-corrected chi connectivity index (χ0v) is 18.7. The van der Waals surface area contributed by atoms with E-state index in [2.05, 4.69) is 10.3 Å². The van der Waals surface area contributed by atoms with Gasteiger partial charge in [0.2, 0.25) is 5.91 Å². The highest BCUT2D eigenvalue weighted by atomic mass is 35.5. The minimum absolute atomic E-state index is 0.205. The Morgan fingerprint density at radius 3 is 2.48 bits per heavy atom. The van der Waals surface area contributed by atoms with Crippen LogP contribution in [0.25, 0.3) is 11.2 Å². The first kappa shape index (κ1) is 22.5. The predicted molar refractivity (Wildman–Crippen MR) is 126 cm³/mol. The zero-order valence-electron chi connectivity index (χ0n) is 17.9. The molecule has 1 amide bonds. The fourth-order valence-electron chi connectivity index (χ4n) is 3.52. The standard InChI is InChI=1S/C23H22ClN5O4/c1-33-12-11-27-15-25-21-20(27)22(31)29(14-19(30)26-18-9-7-17(24)8-10-18)23(32)28(21)13-16-5-3-2-4-6-16/h2-10,15H,11-14H2,1H3,(H,26,30). The Bertz CT molecular complexity index is 1390. The Hall–Kier alpha value is -3.69. The number of methoxy groups -OCH3 is 1. The van der Waals surface area contributed by atoms with Crippen molar-refractivity contribution < 1.29 is 9.53 Å². The minimum atomic E-state index is -0.611. The zero-order chi connectivity index (χ0) is 23.4. The molecular weight excluding hydrogens is 446 g/mol. The van der Waals surface area contributed by atoms with Crippen LogP contribution in [0.15, 0.2) is 70.5 Å². The molecule has 9 nitrogen and oxygen atoms in total. The summed E-state index contributed by atoms with van der Waals surface area (Å²) in [5.74, 6) is -0.509. The van der Waals surface area contributed by atoms with Crippen molar-refractivity contribution in [3.63, 3.8) is 0 Å². The fraction of sp³-hybridized carbons (Fsp3) is 0.217. The van der Waals surface area contributed by atoms with Gasteiger partial charge in [0.1, 0.15) is 6.54 Å². The van der Waals surface area contributed by atoms with Gasteiger partial charge in [-0.1, -0.05) is 41.9 Å². The average Bonchev–Trinajstić information content (AvgIpc) is 3.24. The van der Waals surface area contributed by atoms with Crippen LogP contribution in [0.2, 0.25) is 5.02 Å². The van der Waals surface area contributed by atoms with Crippen molar-refractivity contribution in [3.05, 3.63) is 92.3 Å². The number of carbonyl (C=O) groups is 1. The SMILES string of the molecule is COCCn1cnc2c1c(=O)n(CC(=O)Nc1ccc(Cl)cc1)c(=O)n2Cc1ccccc1. The number of amides is 1. The molecule has 33 heavy (non-hydrogen) atoms.